The van der Waals surface area contributed by atoms with Crippen molar-refractivity contribution in [3.63, 3.8) is 0 Å². The van der Waals surface area contributed by atoms with E-state index in [0.717, 1.165) is 17.1 Å². The van der Waals surface area contributed by atoms with Crippen molar-refractivity contribution in [3.05, 3.63) is 59.5 Å². The number of nitrogens with one attached hydrogen (secondary N) is 1. The summed E-state index contributed by atoms with van der Waals surface area (Å²) >= 11 is 0. The molecule has 0 saturated carbocycles. The highest BCUT2D eigenvalue weighted by atomic mass is 19.1. The van der Waals surface area contributed by atoms with E-state index in [1.54, 1.807) is 19.3 Å². The number of benzene rings is 1. The van der Waals surface area contributed by atoms with Crippen LogP contribution in [0.1, 0.15) is 18.1 Å². The van der Waals surface area contributed by atoms with Crippen molar-refractivity contribution in [3.8, 4) is 5.88 Å². The van der Waals surface area contributed by atoms with Crippen molar-refractivity contribution in [1.29, 1.82) is 0 Å². The maximum absolute atomic E-state index is 13.3. The van der Waals surface area contributed by atoms with E-state index in [9.17, 15) is 4.39 Å². The summed E-state index contributed by atoms with van der Waals surface area (Å²) in [5.41, 5.74) is 1.94. The van der Waals surface area contributed by atoms with Crippen molar-refractivity contribution in [2.24, 2.45) is 4.99 Å². The molecule has 0 spiro atoms. The average Bonchev–Trinajstić information content (AvgIpc) is 2.56. The van der Waals surface area contributed by atoms with Crippen molar-refractivity contribution in [1.82, 2.24) is 15.2 Å². The van der Waals surface area contributed by atoms with Gasteiger partial charge >= 0.3 is 0 Å². The number of nitrogens with zero attached hydrogens (tertiary/aromatic N) is 3. The van der Waals surface area contributed by atoms with Gasteiger partial charge in [-0.15, -0.1) is 0 Å². The van der Waals surface area contributed by atoms with Gasteiger partial charge in [-0.05, 0) is 36.2 Å². The zero-order chi connectivity index (χ0) is 17.4. The Morgan fingerprint density at radius 2 is 2.12 bits per heavy atom. The molecule has 0 saturated heterocycles. The van der Waals surface area contributed by atoms with Crippen LogP contribution >= 0.6 is 0 Å². The third-order valence-electron chi connectivity index (χ3n) is 3.42. The fraction of sp³-hybridized carbons (Fsp3) is 0.333. The second-order valence-corrected chi connectivity index (χ2v) is 5.32. The lowest BCUT2D eigenvalue weighted by molar-refractivity contribution is 0.326. The number of ether oxygens (including phenoxy) is 1. The molecule has 5 nitrogen and oxygen atoms in total. The zero-order valence-corrected chi connectivity index (χ0v) is 14.3. The minimum Gasteiger partial charge on any atom is -0.478 e. The maximum Gasteiger partial charge on any atom is 0.213 e. The smallest absolute Gasteiger partial charge is 0.213 e. The van der Waals surface area contributed by atoms with Crippen LogP contribution in [0.4, 0.5) is 4.39 Å². The Morgan fingerprint density at radius 3 is 2.83 bits per heavy atom. The molecule has 24 heavy (non-hydrogen) atoms. The van der Waals surface area contributed by atoms with Gasteiger partial charge in [0.15, 0.2) is 5.96 Å². The van der Waals surface area contributed by atoms with Gasteiger partial charge in [-0.3, -0.25) is 4.99 Å². The van der Waals surface area contributed by atoms with Crippen molar-refractivity contribution >= 4 is 5.96 Å². The number of rotatable bonds is 6. The highest BCUT2D eigenvalue weighted by molar-refractivity contribution is 5.79. The number of halogens is 1. The van der Waals surface area contributed by atoms with E-state index in [-0.39, 0.29) is 5.82 Å². The Hall–Kier alpha value is -2.63. The lowest BCUT2D eigenvalue weighted by Gasteiger charge is -2.22. The molecule has 1 heterocycles. The standard InChI is InChI=1S/C18H23FN4O/c1-4-24-17-11-14(8-9-21-17)12-22-18(20-2)23(3)13-15-6-5-7-16(19)10-15/h5-11H,4,12-13H2,1-3H3,(H,20,22). The Kier molecular flexibility index (Phi) is 6.54. The number of hydrogen-bond donors (Lipinski definition) is 1. The van der Waals surface area contributed by atoms with Crippen molar-refractivity contribution in [2.75, 3.05) is 20.7 Å². The Bertz CT molecular complexity index is 690. The fourth-order valence-electron chi connectivity index (χ4n) is 2.34. The predicted molar refractivity (Wildman–Crippen MR) is 93.5 cm³/mol. The molecule has 0 radical (unpaired) electrons. The third kappa shape index (κ3) is 5.22. The van der Waals surface area contributed by atoms with Crippen molar-refractivity contribution in [2.45, 2.75) is 20.0 Å². The highest BCUT2D eigenvalue weighted by Gasteiger charge is 2.07. The summed E-state index contributed by atoms with van der Waals surface area (Å²) in [6, 6.07) is 10.4. The molecule has 0 bridgehead atoms. The summed E-state index contributed by atoms with van der Waals surface area (Å²) < 4.78 is 18.7. The number of aromatic nitrogens is 1. The minimum absolute atomic E-state index is 0.232. The van der Waals surface area contributed by atoms with Gasteiger partial charge in [0.25, 0.3) is 0 Å². The monoisotopic (exact) mass is 330 g/mol. The molecule has 1 aromatic carbocycles. The first-order valence-corrected chi connectivity index (χ1v) is 7.86. The molecular weight excluding hydrogens is 307 g/mol. The van der Waals surface area contributed by atoms with Crippen LogP contribution in [-0.2, 0) is 13.1 Å². The topological polar surface area (TPSA) is 49.8 Å². The largest absolute Gasteiger partial charge is 0.478 e. The van der Waals surface area contributed by atoms with E-state index < -0.39 is 0 Å². The molecule has 1 N–H and O–H groups in total. The van der Waals surface area contributed by atoms with Crippen LogP contribution in [0.3, 0.4) is 0 Å². The Balaban J connectivity index is 1.95. The molecule has 1 aromatic heterocycles. The number of hydrogen-bond acceptors (Lipinski definition) is 3. The molecule has 0 unspecified atom stereocenters. The second kappa shape index (κ2) is 8.86. The van der Waals surface area contributed by atoms with Crippen LogP contribution < -0.4 is 10.1 Å². The molecule has 0 aliphatic rings. The minimum atomic E-state index is -0.232. The number of aliphatic imine (C=N–C) groups is 1. The van der Waals surface area contributed by atoms with Crippen LogP contribution in [0, 0.1) is 5.82 Å². The molecule has 0 atom stereocenters. The van der Waals surface area contributed by atoms with Gasteiger partial charge in [0, 0.05) is 39.4 Å². The summed E-state index contributed by atoms with van der Waals surface area (Å²) in [5.74, 6) is 1.11. The fourth-order valence-corrected chi connectivity index (χ4v) is 2.34. The summed E-state index contributed by atoms with van der Waals surface area (Å²) in [7, 11) is 3.64. The van der Waals surface area contributed by atoms with Crippen LogP contribution in [0.5, 0.6) is 5.88 Å². The van der Waals surface area contributed by atoms with Crippen LogP contribution in [0.15, 0.2) is 47.6 Å². The summed E-state index contributed by atoms with van der Waals surface area (Å²) in [5, 5.41) is 3.29. The first-order valence-electron chi connectivity index (χ1n) is 7.86. The quantitative estimate of drug-likeness (QED) is 0.654. The predicted octanol–water partition coefficient (Wildman–Crippen LogP) is 2.83. The number of guanidine groups is 1. The summed E-state index contributed by atoms with van der Waals surface area (Å²) in [4.78, 5) is 10.4. The molecular formula is C18H23FN4O. The summed E-state index contributed by atoms with van der Waals surface area (Å²) in [6.07, 6.45) is 1.72. The molecule has 128 valence electrons. The Morgan fingerprint density at radius 1 is 1.29 bits per heavy atom. The number of pyridine rings is 1. The average molecular weight is 330 g/mol. The van der Waals surface area contributed by atoms with Gasteiger partial charge in [-0.2, -0.15) is 0 Å². The first-order chi connectivity index (χ1) is 11.6. The van der Waals surface area contributed by atoms with E-state index in [0.29, 0.717) is 25.6 Å². The lowest BCUT2D eigenvalue weighted by Crippen LogP contribution is -2.38. The molecule has 0 amide bonds. The third-order valence-corrected chi connectivity index (χ3v) is 3.42. The SMILES string of the molecule is CCOc1cc(CNC(=NC)N(C)Cc2cccc(F)c2)ccn1. The zero-order valence-electron chi connectivity index (χ0n) is 14.3. The highest BCUT2D eigenvalue weighted by Crippen LogP contribution is 2.10. The van der Waals surface area contributed by atoms with Gasteiger partial charge in [-0.1, -0.05) is 12.1 Å². The molecule has 0 fully saturated rings. The van der Waals surface area contributed by atoms with Gasteiger partial charge in [0.2, 0.25) is 5.88 Å². The normalized spacial score (nSPS) is 11.2. The van der Waals surface area contributed by atoms with Crippen LogP contribution in [-0.4, -0.2) is 36.5 Å². The molecule has 6 heteroatoms. The van der Waals surface area contributed by atoms with Crippen molar-refractivity contribution < 1.29 is 9.13 Å². The lowest BCUT2D eigenvalue weighted by atomic mass is 10.2. The van der Waals surface area contributed by atoms with Gasteiger partial charge < -0.3 is 15.0 Å². The Labute approximate surface area is 142 Å². The van der Waals surface area contributed by atoms with Crippen LogP contribution in [0.25, 0.3) is 0 Å². The van der Waals surface area contributed by atoms with Crippen LogP contribution in [0.2, 0.25) is 0 Å². The van der Waals surface area contributed by atoms with Gasteiger partial charge in [0.05, 0.1) is 6.61 Å². The maximum atomic E-state index is 13.3. The van der Waals surface area contributed by atoms with E-state index in [4.69, 9.17) is 4.74 Å². The molecule has 2 aromatic rings. The van der Waals surface area contributed by atoms with E-state index in [1.165, 1.54) is 12.1 Å². The van der Waals surface area contributed by atoms with E-state index in [1.807, 2.05) is 37.1 Å². The van der Waals surface area contributed by atoms with E-state index in [2.05, 4.69) is 15.3 Å². The second-order valence-electron chi connectivity index (χ2n) is 5.32. The molecule has 0 aliphatic heterocycles. The summed E-state index contributed by atoms with van der Waals surface area (Å²) in [6.45, 7) is 3.68. The van der Waals surface area contributed by atoms with E-state index >= 15 is 0 Å². The molecule has 0 aliphatic carbocycles. The molecule has 2 rings (SSSR count). The van der Waals surface area contributed by atoms with Gasteiger partial charge in [-0.25, -0.2) is 9.37 Å². The van der Waals surface area contributed by atoms with Gasteiger partial charge in [0.1, 0.15) is 5.82 Å². The first kappa shape index (κ1) is 17.7.